The molecule has 0 unspecified atom stereocenters. The molecule has 1 saturated heterocycles. The number of amides is 2. The summed E-state index contributed by atoms with van der Waals surface area (Å²) in [5.41, 5.74) is 5.27. The van der Waals surface area contributed by atoms with Crippen LogP contribution in [0.5, 0.6) is 17.2 Å². The number of hydrogen-bond donors (Lipinski definition) is 1. The van der Waals surface area contributed by atoms with Gasteiger partial charge in [-0.2, -0.15) is 0 Å². The van der Waals surface area contributed by atoms with Crippen LogP contribution in [-0.4, -0.2) is 31.6 Å². The number of halogens is 1. The molecule has 2 aliphatic rings. The first-order valence-corrected chi connectivity index (χ1v) is 14.6. The number of anilines is 1. The number of hydrazine groups is 1. The molecule has 2 fully saturated rings. The molecule has 0 aromatic heterocycles. The molecule has 1 aliphatic heterocycles. The molecule has 1 saturated carbocycles. The minimum atomic E-state index is -0.466. The summed E-state index contributed by atoms with van der Waals surface area (Å²) in [7, 11) is 0. The first-order valence-electron chi connectivity index (χ1n) is 13.8. The Hall–Kier alpha value is -3.78. The standard InChI is InChI=1S/C32H33BrN2O5/c1-2-38-29-21-22(19-27-31(36)34-35(32(27)37)25-11-7-4-8-12-25)20-28(33)30(29)40-18-17-39-26-15-13-24(14-16-26)23-9-5-3-6-10-23/h4,7-8,11-16,19-21,23H,2-3,5-6,9-10,17-18H2,1H3,(H,34,36). The van der Waals surface area contributed by atoms with Gasteiger partial charge in [-0.1, -0.05) is 49.6 Å². The number of rotatable bonds is 10. The molecule has 5 rings (SSSR count). The van der Waals surface area contributed by atoms with E-state index in [1.54, 1.807) is 42.5 Å². The Labute approximate surface area is 243 Å². The minimum absolute atomic E-state index is 0.0368. The number of nitrogens with one attached hydrogen (secondary N) is 1. The van der Waals surface area contributed by atoms with Gasteiger partial charge in [0.1, 0.15) is 24.5 Å². The first kappa shape index (κ1) is 27.8. The lowest BCUT2D eigenvalue weighted by molar-refractivity contribution is -0.117. The highest BCUT2D eigenvalue weighted by molar-refractivity contribution is 9.10. The topological polar surface area (TPSA) is 77.1 Å². The second kappa shape index (κ2) is 13.0. The summed E-state index contributed by atoms with van der Waals surface area (Å²) >= 11 is 3.57. The number of hydrogen-bond acceptors (Lipinski definition) is 5. The SMILES string of the molecule is CCOc1cc(C=C2C(=O)NN(c3ccccc3)C2=O)cc(Br)c1OCCOc1ccc(C2CCCCC2)cc1. The predicted octanol–water partition coefficient (Wildman–Crippen LogP) is 6.81. The van der Waals surface area contributed by atoms with E-state index in [4.69, 9.17) is 14.2 Å². The van der Waals surface area contributed by atoms with Gasteiger partial charge in [-0.3, -0.25) is 15.0 Å². The molecule has 2 amide bonds. The first-order chi connectivity index (χ1) is 19.5. The maximum Gasteiger partial charge on any atom is 0.282 e. The summed E-state index contributed by atoms with van der Waals surface area (Å²) in [5.74, 6) is 1.64. The maximum atomic E-state index is 13.0. The molecule has 0 spiro atoms. The fourth-order valence-electron chi connectivity index (χ4n) is 5.13. The van der Waals surface area contributed by atoms with Gasteiger partial charge in [0.25, 0.3) is 11.8 Å². The average Bonchev–Trinajstić information content (AvgIpc) is 3.26. The number of nitrogens with zero attached hydrogens (tertiary/aromatic N) is 1. The van der Waals surface area contributed by atoms with Crippen molar-refractivity contribution in [2.45, 2.75) is 44.9 Å². The molecule has 7 nitrogen and oxygen atoms in total. The van der Waals surface area contributed by atoms with Crippen LogP contribution in [0.2, 0.25) is 0 Å². The Balaban J connectivity index is 1.22. The Bertz CT molecular complexity index is 1370. The molecule has 1 N–H and O–H groups in total. The molecule has 40 heavy (non-hydrogen) atoms. The van der Waals surface area contributed by atoms with Gasteiger partial charge in [0.2, 0.25) is 0 Å². The summed E-state index contributed by atoms with van der Waals surface area (Å²) < 4.78 is 18.4. The lowest BCUT2D eigenvalue weighted by atomic mass is 9.84. The van der Waals surface area contributed by atoms with Crippen LogP contribution in [0, 0.1) is 0 Å². The predicted molar refractivity (Wildman–Crippen MR) is 159 cm³/mol. The molecule has 1 heterocycles. The van der Waals surface area contributed by atoms with Crippen LogP contribution in [-0.2, 0) is 9.59 Å². The van der Waals surface area contributed by atoms with Crippen molar-refractivity contribution in [3.63, 3.8) is 0 Å². The largest absolute Gasteiger partial charge is 0.490 e. The van der Waals surface area contributed by atoms with Crippen LogP contribution in [0.1, 0.15) is 56.1 Å². The Morgan fingerprint density at radius 1 is 0.925 bits per heavy atom. The molecule has 1 aliphatic carbocycles. The molecule has 3 aromatic carbocycles. The van der Waals surface area contributed by atoms with E-state index in [1.165, 1.54) is 42.7 Å². The Morgan fingerprint density at radius 3 is 2.38 bits per heavy atom. The zero-order chi connectivity index (χ0) is 27.9. The summed E-state index contributed by atoms with van der Waals surface area (Å²) in [5, 5.41) is 1.24. The van der Waals surface area contributed by atoms with Crippen LogP contribution in [0.25, 0.3) is 6.08 Å². The van der Waals surface area contributed by atoms with Crippen molar-refractivity contribution in [2.24, 2.45) is 0 Å². The van der Waals surface area contributed by atoms with Crippen LogP contribution in [0.3, 0.4) is 0 Å². The van der Waals surface area contributed by atoms with Gasteiger partial charge in [-0.05, 0) is 95.2 Å². The van der Waals surface area contributed by atoms with E-state index in [-0.39, 0.29) is 5.57 Å². The summed E-state index contributed by atoms with van der Waals surface area (Å²) in [4.78, 5) is 25.6. The van der Waals surface area contributed by atoms with Gasteiger partial charge in [0.15, 0.2) is 11.5 Å². The number of ether oxygens (including phenoxy) is 3. The molecular formula is C32H33BrN2O5. The maximum absolute atomic E-state index is 13.0. The second-order valence-corrected chi connectivity index (χ2v) is 10.7. The summed E-state index contributed by atoms with van der Waals surface area (Å²) in [6.45, 7) is 3.00. The zero-order valence-corrected chi connectivity index (χ0v) is 24.1. The van der Waals surface area contributed by atoms with Gasteiger partial charge in [0.05, 0.1) is 16.8 Å². The molecule has 3 aromatic rings. The highest BCUT2D eigenvalue weighted by Gasteiger charge is 2.34. The molecular weight excluding hydrogens is 572 g/mol. The lowest BCUT2D eigenvalue weighted by Crippen LogP contribution is -2.35. The van der Waals surface area contributed by atoms with E-state index in [0.29, 0.717) is 53.0 Å². The van der Waals surface area contributed by atoms with E-state index >= 15 is 0 Å². The van der Waals surface area contributed by atoms with Crippen molar-refractivity contribution in [3.05, 3.63) is 87.9 Å². The average molecular weight is 606 g/mol. The summed E-state index contributed by atoms with van der Waals surface area (Å²) in [6, 6.07) is 20.9. The van der Waals surface area contributed by atoms with Gasteiger partial charge in [-0.25, -0.2) is 5.01 Å². The van der Waals surface area contributed by atoms with Crippen molar-refractivity contribution in [3.8, 4) is 17.2 Å². The summed E-state index contributed by atoms with van der Waals surface area (Å²) in [6.07, 6.45) is 8.09. The third kappa shape index (κ3) is 6.50. The smallest absolute Gasteiger partial charge is 0.282 e. The minimum Gasteiger partial charge on any atom is -0.490 e. The fourth-order valence-corrected chi connectivity index (χ4v) is 5.71. The quantitative estimate of drug-likeness (QED) is 0.156. The third-order valence-corrected chi connectivity index (χ3v) is 7.69. The Kier molecular flexibility index (Phi) is 9.06. The van der Waals surface area contributed by atoms with Crippen LogP contribution >= 0.6 is 15.9 Å². The molecule has 0 atom stereocenters. The lowest BCUT2D eigenvalue weighted by Gasteiger charge is -2.22. The van der Waals surface area contributed by atoms with E-state index < -0.39 is 11.8 Å². The van der Waals surface area contributed by atoms with Gasteiger partial charge >= 0.3 is 0 Å². The van der Waals surface area contributed by atoms with Crippen LogP contribution < -0.4 is 24.6 Å². The second-order valence-electron chi connectivity index (χ2n) is 9.84. The van der Waals surface area contributed by atoms with Crippen LogP contribution in [0.15, 0.2) is 76.8 Å². The highest BCUT2D eigenvalue weighted by atomic mass is 79.9. The fraction of sp³-hybridized carbons (Fsp3) is 0.312. The van der Waals surface area contributed by atoms with Crippen molar-refractivity contribution >= 4 is 39.5 Å². The van der Waals surface area contributed by atoms with Crippen molar-refractivity contribution in [1.29, 1.82) is 0 Å². The van der Waals surface area contributed by atoms with Crippen LogP contribution in [0.4, 0.5) is 5.69 Å². The zero-order valence-electron chi connectivity index (χ0n) is 22.5. The molecule has 0 radical (unpaired) electrons. The van der Waals surface area contributed by atoms with Gasteiger partial charge in [-0.15, -0.1) is 0 Å². The van der Waals surface area contributed by atoms with E-state index in [0.717, 1.165) is 5.75 Å². The molecule has 208 valence electrons. The highest BCUT2D eigenvalue weighted by Crippen LogP contribution is 2.38. The number of para-hydroxylation sites is 1. The van der Waals surface area contributed by atoms with Crippen molar-refractivity contribution in [1.82, 2.24) is 5.43 Å². The molecule has 0 bridgehead atoms. The molecule has 8 heteroatoms. The van der Waals surface area contributed by atoms with E-state index in [2.05, 4.69) is 33.5 Å². The normalized spacial score (nSPS) is 16.8. The van der Waals surface area contributed by atoms with Gasteiger partial charge < -0.3 is 14.2 Å². The monoisotopic (exact) mass is 604 g/mol. The number of carbonyl (C=O) groups excluding carboxylic acids is 2. The number of carbonyl (C=O) groups is 2. The van der Waals surface area contributed by atoms with E-state index in [9.17, 15) is 9.59 Å². The van der Waals surface area contributed by atoms with Crippen molar-refractivity contribution < 1.29 is 23.8 Å². The third-order valence-electron chi connectivity index (χ3n) is 7.10. The number of benzene rings is 3. The van der Waals surface area contributed by atoms with Crippen molar-refractivity contribution in [2.75, 3.05) is 24.8 Å². The van der Waals surface area contributed by atoms with E-state index in [1.807, 2.05) is 25.1 Å². The van der Waals surface area contributed by atoms with Gasteiger partial charge in [0, 0.05) is 0 Å². The Morgan fingerprint density at radius 2 is 1.65 bits per heavy atom.